The maximum atomic E-state index is 11.9. The Kier molecular flexibility index (Phi) is 7.19. The van der Waals surface area contributed by atoms with Crippen LogP contribution in [-0.2, 0) is 9.53 Å². The minimum absolute atomic E-state index is 0.184. The zero-order valence-electron chi connectivity index (χ0n) is 13.4. The van der Waals surface area contributed by atoms with Crippen LogP contribution in [0.5, 0.6) is 0 Å². The van der Waals surface area contributed by atoms with Gasteiger partial charge in [-0.25, -0.2) is 0 Å². The largest absolute Gasteiger partial charge is 0.385 e. The topological polar surface area (TPSA) is 67.6 Å². The molecule has 0 fully saturated rings. The molecule has 1 amide bonds. The zero-order valence-corrected chi connectivity index (χ0v) is 13.4. The number of carbonyl (C=O) groups excluding carboxylic acids is 1. The number of nitrogens with two attached hydrogens (primary N) is 1. The van der Waals surface area contributed by atoms with Gasteiger partial charge in [0, 0.05) is 37.7 Å². The molecule has 1 rings (SSSR count). The Labute approximate surface area is 127 Å². The predicted molar refractivity (Wildman–Crippen MR) is 87.7 cm³/mol. The fourth-order valence-corrected chi connectivity index (χ4v) is 2.19. The SMILES string of the molecule is CCN(c1ccc(NC(=O)C(N)CCOC)cc1)C(C)C. The van der Waals surface area contributed by atoms with Crippen molar-refractivity contribution in [2.24, 2.45) is 5.73 Å². The van der Waals surface area contributed by atoms with E-state index in [1.54, 1.807) is 7.11 Å². The van der Waals surface area contributed by atoms with Crippen LogP contribution in [0.25, 0.3) is 0 Å². The van der Waals surface area contributed by atoms with Crippen LogP contribution in [0.15, 0.2) is 24.3 Å². The Bertz CT molecular complexity index is 432. The van der Waals surface area contributed by atoms with Crippen LogP contribution in [0.1, 0.15) is 27.2 Å². The lowest BCUT2D eigenvalue weighted by molar-refractivity contribution is -0.117. The van der Waals surface area contributed by atoms with Gasteiger partial charge >= 0.3 is 0 Å². The fourth-order valence-electron chi connectivity index (χ4n) is 2.19. The lowest BCUT2D eigenvalue weighted by Crippen LogP contribution is -2.36. The summed E-state index contributed by atoms with van der Waals surface area (Å²) in [5, 5.41) is 2.83. The lowest BCUT2D eigenvalue weighted by atomic mass is 10.2. The Morgan fingerprint density at radius 2 is 1.95 bits per heavy atom. The van der Waals surface area contributed by atoms with Crippen molar-refractivity contribution in [3.05, 3.63) is 24.3 Å². The third-order valence-electron chi connectivity index (χ3n) is 3.40. The molecule has 3 N–H and O–H groups in total. The molecule has 0 aromatic heterocycles. The van der Waals surface area contributed by atoms with E-state index in [9.17, 15) is 4.79 Å². The number of carbonyl (C=O) groups is 1. The van der Waals surface area contributed by atoms with Crippen molar-refractivity contribution in [1.82, 2.24) is 0 Å². The van der Waals surface area contributed by atoms with E-state index >= 15 is 0 Å². The summed E-state index contributed by atoms with van der Waals surface area (Å²) >= 11 is 0. The molecule has 0 bridgehead atoms. The summed E-state index contributed by atoms with van der Waals surface area (Å²) in [7, 11) is 1.59. The molecule has 5 heteroatoms. The quantitative estimate of drug-likeness (QED) is 0.771. The van der Waals surface area contributed by atoms with Crippen LogP contribution in [0.3, 0.4) is 0 Å². The van der Waals surface area contributed by atoms with Crippen LogP contribution < -0.4 is 16.0 Å². The van der Waals surface area contributed by atoms with E-state index in [1.807, 2.05) is 24.3 Å². The van der Waals surface area contributed by atoms with Gasteiger partial charge in [0.2, 0.25) is 5.91 Å². The average molecular weight is 293 g/mol. The van der Waals surface area contributed by atoms with Gasteiger partial charge in [-0.05, 0) is 51.5 Å². The molecular formula is C16H27N3O2. The number of rotatable bonds is 8. The predicted octanol–water partition coefficient (Wildman–Crippen LogP) is 2.22. The number of hydrogen-bond donors (Lipinski definition) is 2. The minimum Gasteiger partial charge on any atom is -0.385 e. The highest BCUT2D eigenvalue weighted by Gasteiger charge is 2.13. The van der Waals surface area contributed by atoms with Gasteiger partial charge < -0.3 is 20.7 Å². The summed E-state index contributed by atoms with van der Waals surface area (Å²) in [4.78, 5) is 14.2. The number of anilines is 2. The summed E-state index contributed by atoms with van der Waals surface area (Å²) in [5.41, 5.74) is 7.70. The van der Waals surface area contributed by atoms with Crippen LogP contribution in [0.2, 0.25) is 0 Å². The molecule has 118 valence electrons. The van der Waals surface area contributed by atoms with E-state index in [-0.39, 0.29) is 5.91 Å². The first kappa shape index (κ1) is 17.5. The molecule has 5 nitrogen and oxygen atoms in total. The van der Waals surface area contributed by atoms with E-state index in [0.29, 0.717) is 19.1 Å². The summed E-state index contributed by atoms with van der Waals surface area (Å²) in [6, 6.07) is 7.73. The normalized spacial score (nSPS) is 12.3. The van der Waals surface area contributed by atoms with Crippen molar-refractivity contribution in [3.63, 3.8) is 0 Å². The van der Waals surface area contributed by atoms with E-state index in [1.165, 1.54) is 0 Å². The molecule has 0 saturated heterocycles. The molecule has 0 spiro atoms. The van der Waals surface area contributed by atoms with Gasteiger partial charge in [0.1, 0.15) is 0 Å². The maximum Gasteiger partial charge on any atom is 0.241 e. The van der Waals surface area contributed by atoms with Crippen molar-refractivity contribution in [1.29, 1.82) is 0 Å². The summed E-state index contributed by atoms with van der Waals surface area (Å²) in [6.07, 6.45) is 0.511. The second-order valence-corrected chi connectivity index (χ2v) is 5.30. The highest BCUT2D eigenvalue weighted by atomic mass is 16.5. The minimum atomic E-state index is -0.549. The second kappa shape index (κ2) is 8.64. The first-order valence-electron chi connectivity index (χ1n) is 7.41. The molecule has 0 saturated carbocycles. The van der Waals surface area contributed by atoms with Crippen molar-refractivity contribution >= 4 is 17.3 Å². The van der Waals surface area contributed by atoms with Crippen LogP contribution in [-0.4, -0.2) is 38.3 Å². The first-order chi connectivity index (χ1) is 9.99. The van der Waals surface area contributed by atoms with Gasteiger partial charge in [-0.2, -0.15) is 0 Å². The molecule has 0 aliphatic rings. The number of nitrogens with one attached hydrogen (secondary N) is 1. The third kappa shape index (κ3) is 5.36. The Morgan fingerprint density at radius 1 is 1.33 bits per heavy atom. The molecule has 21 heavy (non-hydrogen) atoms. The van der Waals surface area contributed by atoms with Gasteiger partial charge in [0.15, 0.2) is 0 Å². The molecule has 1 atom stereocenters. The monoisotopic (exact) mass is 293 g/mol. The van der Waals surface area contributed by atoms with Crippen molar-refractivity contribution in [3.8, 4) is 0 Å². The summed E-state index contributed by atoms with van der Waals surface area (Å²) < 4.78 is 4.92. The van der Waals surface area contributed by atoms with E-state index in [2.05, 4.69) is 31.0 Å². The second-order valence-electron chi connectivity index (χ2n) is 5.30. The van der Waals surface area contributed by atoms with Crippen molar-refractivity contribution < 1.29 is 9.53 Å². The molecule has 0 radical (unpaired) electrons. The number of methoxy groups -OCH3 is 1. The number of amides is 1. The fraction of sp³-hybridized carbons (Fsp3) is 0.562. The molecule has 0 heterocycles. The molecule has 1 aromatic rings. The van der Waals surface area contributed by atoms with Crippen LogP contribution in [0, 0.1) is 0 Å². The zero-order chi connectivity index (χ0) is 15.8. The first-order valence-corrected chi connectivity index (χ1v) is 7.41. The van der Waals surface area contributed by atoms with Crippen LogP contribution >= 0.6 is 0 Å². The van der Waals surface area contributed by atoms with Crippen molar-refractivity contribution in [2.75, 3.05) is 30.5 Å². The van der Waals surface area contributed by atoms with E-state index < -0.39 is 6.04 Å². The Morgan fingerprint density at radius 3 is 2.43 bits per heavy atom. The molecule has 0 aliphatic carbocycles. The van der Waals surface area contributed by atoms with Crippen LogP contribution in [0.4, 0.5) is 11.4 Å². The molecule has 1 unspecified atom stereocenters. The van der Waals surface area contributed by atoms with Gasteiger partial charge in [-0.15, -0.1) is 0 Å². The maximum absolute atomic E-state index is 11.9. The summed E-state index contributed by atoms with van der Waals surface area (Å²) in [5.74, 6) is -0.184. The van der Waals surface area contributed by atoms with Gasteiger partial charge in [0.25, 0.3) is 0 Å². The highest BCUT2D eigenvalue weighted by molar-refractivity contribution is 5.94. The van der Waals surface area contributed by atoms with E-state index in [0.717, 1.165) is 17.9 Å². The number of hydrogen-bond acceptors (Lipinski definition) is 4. The highest BCUT2D eigenvalue weighted by Crippen LogP contribution is 2.20. The standard InChI is InChI=1S/C16H27N3O2/c1-5-19(12(2)3)14-8-6-13(7-9-14)18-16(20)15(17)10-11-21-4/h6-9,12,15H,5,10-11,17H2,1-4H3,(H,18,20). The third-order valence-corrected chi connectivity index (χ3v) is 3.40. The Balaban J connectivity index is 2.64. The molecule has 0 aliphatic heterocycles. The average Bonchev–Trinajstić information content (AvgIpc) is 2.46. The number of benzene rings is 1. The van der Waals surface area contributed by atoms with Crippen molar-refractivity contribution in [2.45, 2.75) is 39.3 Å². The summed E-state index contributed by atoms with van der Waals surface area (Å²) in [6.45, 7) is 7.88. The number of nitrogens with zero attached hydrogens (tertiary/aromatic N) is 1. The van der Waals surface area contributed by atoms with Gasteiger partial charge in [0.05, 0.1) is 6.04 Å². The Hall–Kier alpha value is -1.59. The van der Waals surface area contributed by atoms with Gasteiger partial charge in [-0.3, -0.25) is 4.79 Å². The number of ether oxygens (including phenoxy) is 1. The molecular weight excluding hydrogens is 266 g/mol. The van der Waals surface area contributed by atoms with Gasteiger partial charge in [-0.1, -0.05) is 0 Å². The lowest BCUT2D eigenvalue weighted by Gasteiger charge is -2.27. The molecule has 1 aromatic carbocycles. The smallest absolute Gasteiger partial charge is 0.241 e. The van der Waals surface area contributed by atoms with E-state index in [4.69, 9.17) is 10.5 Å².